The van der Waals surface area contributed by atoms with Gasteiger partial charge in [0.25, 0.3) is 5.69 Å². The number of nitrogens with one attached hydrogen (secondary N) is 1. The summed E-state index contributed by atoms with van der Waals surface area (Å²) in [4.78, 5) is 27.2. The third-order valence-electron chi connectivity index (χ3n) is 4.92. The van der Waals surface area contributed by atoms with Crippen molar-refractivity contribution in [2.75, 3.05) is 56.7 Å². The van der Waals surface area contributed by atoms with Crippen molar-refractivity contribution < 1.29 is 19.2 Å². The molecule has 1 N–H and O–H groups in total. The van der Waals surface area contributed by atoms with E-state index in [0.717, 1.165) is 37.6 Å². The van der Waals surface area contributed by atoms with Crippen molar-refractivity contribution in [3.63, 3.8) is 0 Å². The molecule has 0 saturated carbocycles. The molecule has 1 heterocycles. The molecule has 0 spiro atoms. The molecular formula is C21H26N4O5. The Morgan fingerprint density at radius 2 is 1.87 bits per heavy atom. The first kappa shape index (κ1) is 21.4. The van der Waals surface area contributed by atoms with Gasteiger partial charge in [-0.1, -0.05) is 12.1 Å². The highest BCUT2D eigenvalue weighted by molar-refractivity contribution is 5.94. The van der Waals surface area contributed by atoms with Crippen LogP contribution in [0, 0.1) is 10.1 Å². The number of carbonyl (C=O) groups is 1. The zero-order valence-electron chi connectivity index (χ0n) is 17.2. The summed E-state index contributed by atoms with van der Waals surface area (Å²) in [7, 11) is 1.41. The first-order valence-corrected chi connectivity index (χ1v) is 9.83. The molecule has 0 unspecified atom stereocenters. The van der Waals surface area contributed by atoms with Gasteiger partial charge in [-0.15, -0.1) is 0 Å². The minimum atomic E-state index is -0.503. The number of piperazine rings is 1. The number of nitrogens with zero attached hydrogens (tertiary/aromatic N) is 3. The maximum absolute atomic E-state index is 12.5. The number of carbonyl (C=O) groups excluding carboxylic acids is 1. The van der Waals surface area contributed by atoms with Gasteiger partial charge in [-0.2, -0.15) is 0 Å². The molecule has 0 bridgehead atoms. The van der Waals surface area contributed by atoms with Crippen LogP contribution in [0.2, 0.25) is 0 Å². The molecule has 2 aromatic carbocycles. The Labute approximate surface area is 175 Å². The van der Waals surface area contributed by atoms with Gasteiger partial charge in [-0.25, -0.2) is 0 Å². The smallest absolute Gasteiger partial charge is 0.273 e. The maximum atomic E-state index is 12.5. The van der Waals surface area contributed by atoms with Gasteiger partial charge in [0.05, 0.1) is 42.6 Å². The molecule has 3 rings (SSSR count). The third kappa shape index (κ3) is 5.18. The number of nitro groups is 1. The number of ether oxygens (including phenoxy) is 2. The van der Waals surface area contributed by atoms with Crippen molar-refractivity contribution in [1.82, 2.24) is 4.90 Å². The molecule has 30 heavy (non-hydrogen) atoms. The van der Waals surface area contributed by atoms with Gasteiger partial charge >= 0.3 is 0 Å². The van der Waals surface area contributed by atoms with E-state index in [9.17, 15) is 14.9 Å². The molecule has 2 aromatic rings. The van der Waals surface area contributed by atoms with E-state index in [1.807, 2.05) is 31.2 Å². The SMILES string of the molecule is CCOc1ccccc1N1CCN(CC(=O)Nc2ccc([N+](=O)[O-])cc2OC)CC1. The van der Waals surface area contributed by atoms with Gasteiger partial charge in [0, 0.05) is 32.2 Å². The zero-order chi connectivity index (χ0) is 21.5. The van der Waals surface area contributed by atoms with Gasteiger partial charge in [-0.3, -0.25) is 19.8 Å². The lowest BCUT2D eigenvalue weighted by atomic mass is 10.2. The molecule has 1 amide bonds. The van der Waals surface area contributed by atoms with Gasteiger partial charge in [-0.05, 0) is 25.1 Å². The Bertz CT molecular complexity index is 897. The van der Waals surface area contributed by atoms with E-state index in [1.54, 1.807) is 0 Å². The normalized spacial score (nSPS) is 14.3. The van der Waals surface area contributed by atoms with Crippen LogP contribution in [0.5, 0.6) is 11.5 Å². The number of nitro benzene ring substituents is 1. The van der Waals surface area contributed by atoms with Crippen LogP contribution in [0.4, 0.5) is 17.1 Å². The molecule has 1 aliphatic rings. The van der Waals surface area contributed by atoms with Crippen LogP contribution < -0.4 is 19.7 Å². The number of benzene rings is 2. The minimum absolute atomic E-state index is 0.0895. The topological polar surface area (TPSA) is 97.2 Å². The van der Waals surface area contributed by atoms with E-state index in [2.05, 4.69) is 15.1 Å². The predicted molar refractivity (Wildman–Crippen MR) is 115 cm³/mol. The van der Waals surface area contributed by atoms with Crippen LogP contribution in [0.3, 0.4) is 0 Å². The quantitative estimate of drug-likeness (QED) is 0.524. The highest BCUT2D eigenvalue weighted by atomic mass is 16.6. The van der Waals surface area contributed by atoms with Crippen LogP contribution in [-0.2, 0) is 4.79 Å². The second kappa shape index (κ2) is 9.93. The molecule has 1 fully saturated rings. The van der Waals surface area contributed by atoms with Crippen LogP contribution in [0.25, 0.3) is 0 Å². The van der Waals surface area contributed by atoms with Crippen molar-refractivity contribution in [3.05, 3.63) is 52.6 Å². The summed E-state index contributed by atoms with van der Waals surface area (Å²) in [5.74, 6) is 0.941. The zero-order valence-corrected chi connectivity index (χ0v) is 17.2. The van der Waals surface area contributed by atoms with E-state index >= 15 is 0 Å². The van der Waals surface area contributed by atoms with Crippen LogP contribution in [0.15, 0.2) is 42.5 Å². The number of non-ortho nitro benzene ring substituents is 1. The number of methoxy groups -OCH3 is 1. The van der Waals surface area contributed by atoms with E-state index in [1.165, 1.54) is 25.3 Å². The highest BCUT2D eigenvalue weighted by Gasteiger charge is 2.22. The van der Waals surface area contributed by atoms with Crippen molar-refractivity contribution in [2.24, 2.45) is 0 Å². The summed E-state index contributed by atoms with van der Waals surface area (Å²) in [5, 5.41) is 13.7. The average Bonchev–Trinajstić information content (AvgIpc) is 2.75. The molecule has 9 nitrogen and oxygen atoms in total. The number of rotatable bonds is 8. The summed E-state index contributed by atoms with van der Waals surface area (Å²) >= 11 is 0. The molecule has 0 aromatic heterocycles. The van der Waals surface area contributed by atoms with E-state index in [-0.39, 0.29) is 23.9 Å². The van der Waals surface area contributed by atoms with Gasteiger partial charge in [0.15, 0.2) is 0 Å². The Morgan fingerprint density at radius 1 is 1.13 bits per heavy atom. The fourth-order valence-electron chi connectivity index (χ4n) is 3.43. The monoisotopic (exact) mass is 414 g/mol. The van der Waals surface area contributed by atoms with Crippen LogP contribution in [-0.4, -0.2) is 62.2 Å². The molecule has 0 aliphatic carbocycles. The Hall–Kier alpha value is -3.33. The standard InChI is InChI=1S/C21H26N4O5/c1-3-30-19-7-5-4-6-18(19)24-12-10-23(11-13-24)15-21(26)22-17-9-8-16(25(27)28)14-20(17)29-2/h4-9,14H,3,10-13,15H2,1-2H3,(H,22,26). The molecule has 1 saturated heterocycles. The minimum Gasteiger partial charge on any atom is -0.494 e. The third-order valence-corrected chi connectivity index (χ3v) is 4.92. The van der Waals surface area contributed by atoms with Gasteiger partial charge in [0.1, 0.15) is 11.5 Å². The van der Waals surface area contributed by atoms with Crippen molar-refractivity contribution in [1.29, 1.82) is 0 Å². The number of amides is 1. The fraction of sp³-hybridized carbons (Fsp3) is 0.381. The second-order valence-corrected chi connectivity index (χ2v) is 6.85. The molecule has 9 heteroatoms. The molecule has 1 aliphatic heterocycles. The number of para-hydroxylation sites is 2. The van der Waals surface area contributed by atoms with Gasteiger partial charge in [0.2, 0.25) is 5.91 Å². The fourth-order valence-corrected chi connectivity index (χ4v) is 3.43. The molecule has 0 radical (unpaired) electrons. The van der Waals surface area contributed by atoms with Crippen LogP contribution >= 0.6 is 0 Å². The molecule has 0 atom stereocenters. The lowest BCUT2D eigenvalue weighted by Gasteiger charge is -2.36. The summed E-state index contributed by atoms with van der Waals surface area (Å²) in [5.41, 5.74) is 1.39. The number of hydrogen-bond acceptors (Lipinski definition) is 7. The Balaban J connectivity index is 1.55. The second-order valence-electron chi connectivity index (χ2n) is 6.85. The predicted octanol–water partition coefficient (Wildman–Crippen LogP) is 2.76. The lowest BCUT2D eigenvalue weighted by molar-refractivity contribution is -0.384. The van der Waals surface area contributed by atoms with Crippen LogP contribution in [0.1, 0.15) is 6.92 Å². The van der Waals surface area contributed by atoms with Crippen molar-refractivity contribution in [3.8, 4) is 11.5 Å². The Morgan fingerprint density at radius 3 is 2.53 bits per heavy atom. The number of anilines is 2. The first-order valence-electron chi connectivity index (χ1n) is 9.83. The summed E-state index contributed by atoms with van der Waals surface area (Å²) < 4.78 is 10.9. The lowest BCUT2D eigenvalue weighted by Crippen LogP contribution is -2.48. The molecular weight excluding hydrogens is 388 g/mol. The summed E-state index contributed by atoms with van der Waals surface area (Å²) in [6.07, 6.45) is 0. The van der Waals surface area contributed by atoms with Gasteiger partial charge < -0.3 is 19.7 Å². The number of hydrogen-bond donors (Lipinski definition) is 1. The van der Waals surface area contributed by atoms with Crippen molar-refractivity contribution >= 4 is 23.0 Å². The van der Waals surface area contributed by atoms with E-state index < -0.39 is 4.92 Å². The van der Waals surface area contributed by atoms with E-state index in [4.69, 9.17) is 9.47 Å². The summed E-state index contributed by atoms with van der Waals surface area (Å²) in [6, 6.07) is 12.1. The average molecular weight is 414 g/mol. The summed E-state index contributed by atoms with van der Waals surface area (Å²) in [6.45, 7) is 5.88. The highest BCUT2D eigenvalue weighted by Crippen LogP contribution is 2.30. The largest absolute Gasteiger partial charge is 0.494 e. The van der Waals surface area contributed by atoms with E-state index in [0.29, 0.717) is 12.3 Å². The Kier molecular flexibility index (Phi) is 7.08. The first-order chi connectivity index (χ1) is 14.5. The van der Waals surface area contributed by atoms with Crippen molar-refractivity contribution in [2.45, 2.75) is 6.92 Å². The maximum Gasteiger partial charge on any atom is 0.273 e. The molecule has 160 valence electrons.